The Morgan fingerprint density at radius 1 is 1.04 bits per heavy atom. The summed E-state index contributed by atoms with van der Waals surface area (Å²) in [7, 11) is 0. The van der Waals surface area contributed by atoms with E-state index in [0.29, 0.717) is 12.2 Å². The molecule has 0 atom stereocenters. The minimum Gasteiger partial charge on any atom is -0.463 e. The summed E-state index contributed by atoms with van der Waals surface area (Å²) >= 11 is 0. The molecule has 1 aliphatic carbocycles. The van der Waals surface area contributed by atoms with Crippen LogP contribution < -0.4 is 0 Å². The molecule has 0 radical (unpaired) electrons. The zero-order valence-corrected chi connectivity index (χ0v) is 13.0. The smallest absolute Gasteiger partial charge is 0.330 e. The van der Waals surface area contributed by atoms with Crippen LogP contribution in [0.2, 0.25) is 0 Å². The number of benzene rings is 2. The summed E-state index contributed by atoms with van der Waals surface area (Å²) in [5.41, 5.74) is 4.17. The van der Waals surface area contributed by atoms with Crippen molar-refractivity contribution >= 4 is 17.8 Å². The summed E-state index contributed by atoms with van der Waals surface area (Å²) in [4.78, 5) is 24.0. The van der Waals surface area contributed by atoms with Crippen LogP contribution in [0.15, 0.2) is 48.5 Å². The number of hydrogen-bond donors (Lipinski definition) is 0. The summed E-state index contributed by atoms with van der Waals surface area (Å²) in [5, 5.41) is 0. The Bertz CT molecular complexity index is 787. The van der Waals surface area contributed by atoms with Crippen molar-refractivity contribution in [3.63, 3.8) is 0 Å². The van der Waals surface area contributed by atoms with Crippen molar-refractivity contribution < 1.29 is 14.3 Å². The number of rotatable bonds is 5. The molecule has 3 heteroatoms. The second-order valence-corrected chi connectivity index (χ2v) is 5.53. The van der Waals surface area contributed by atoms with E-state index in [0.717, 1.165) is 35.1 Å². The van der Waals surface area contributed by atoms with Gasteiger partial charge in [0.1, 0.15) is 0 Å². The highest BCUT2D eigenvalue weighted by molar-refractivity contribution is 6.21. The van der Waals surface area contributed by atoms with Gasteiger partial charge in [0.2, 0.25) is 0 Å². The molecule has 0 amide bonds. The van der Waals surface area contributed by atoms with Crippen LogP contribution in [0.4, 0.5) is 0 Å². The first-order valence-corrected chi connectivity index (χ1v) is 7.83. The molecule has 0 aromatic heterocycles. The molecule has 2 aromatic carbocycles. The summed E-state index contributed by atoms with van der Waals surface area (Å²) in [5.74, 6) is -0.315. The zero-order valence-electron chi connectivity index (χ0n) is 13.0. The number of esters is 1. The van der Waals surface area contributed by atoms with Gasteiger partial charge in [0.05, 0.1) is 6.61 Å². The molecule has 23 heavy (non-hydrogen) atoms. The maximum atomic E-state index is 12.4. The van der Waals surface area contributed by atoms with E-state index in [2.05, 4.69) is 0 Å². The van der Waals surface area contributed by atoms with Crippen molar-refractivity contribution in [3.05, 3.63) is 65.2 Å². The third kappa shape index (κ3) is 3.09. The Kier molecular flexibility index (Phi) is 4.38. The Labute approximate surface area is 135 Å². The largest absolute Gasteiger partial charge is 0.463 e. The van der Waals surface area contributed by atoms with Crippen LogP contribution in [0.25, 0.3) is 17.2 Å². The standard InChI is InChI=1S/C20H18O3/c1-2-3-12-23-19(21)11-9-14-8-10-16-15-6-4-5-7-17(15)20(22)18(16)13-14/h4-11,13H,2-3,12H2,1H3. The summed E-state index contributed by atoms with van der Waals surface area (Å²) in [6, 6.07) is 13.3. The van der Waals surface area contributed by atoms with E-state index in [1.165, 1.54) is 6.08 Å². The van der Waals surface area contributed by atoms with Crippen molar-refractivity contribution in [1.29, 1.82) is 0 Å². The molecule has 0 spiro atoms. The Morgan fingerprint density at radius 2 is 1.78 bits per heavy atom. The lowest BCUT2D eigenvalue weighted by atomic mass is 10.0. The maximum Gasteiger partial charge on any atom is 0.330 e. The minimum atomic E-state index is -0.353. The molecule has 3 rings (SSSR count). The number of hydrogen-bond acceptors (Lipinski definition) is 3. The van der Waals surface area contributed by atoms with E-state index in [1.807, 2.05) is 49.4 Å². The molecular weight excluding hydrogens is 288 g/mol. The number of fused-ring (bicyclic) bond motifs is 3. The quantitative estimate of drug-likeness (QED) is 0.402. The first kappa shape index (κ1) is 15.2. The van der Waals surface area contributed by atoms with Gasteiger partial charge in [-0.2, -0.15) is 0 Å². The molecular formula is C20H18O3. The molecule has 0 saturated carbocycles. The van der Waals surface area contributed by atoms with Crippen LogP contribution in [-0.2, 0) is 9.53 Å². The monoisotopic (exact) mass is 306 g/mol. The van der Waals surface area contributed by atoms with Crippen molar-refractivity contribution in [3.8, 4) is 11.1 Å². The highest BCUT2D eigenvalue weighted by Crippen LogP contribution is 2.36. The van der Waals surface area contributed by atoms with Crippen LogP contribution in [0.5, 0.6) is 0 Å². The van der Waals surface area contributed by atoms with Crippen LogP contribution >= 0.6 is 0 Å². The SMILES string of the molecule is CCCCOC(=O)C=Cc1ccc2c(c1)C(=O)c1ccccc1-2. The van der Waals surface area contributed by atoms with Crippen molar-refractivity contribution in [2.75, 3.05) is 6.61 Å². The molecule has 0 bridgehead atoms. The number of carbonyl (C=O) groups is 2. The van der Waals surface area contributed by atoms with Gasteiger partial charge in [-0.1, -0.05) is 49.7 Å². The zero-order chi connectivity index (χ0) is 16.2. The molecule has 3 nitrogen and oxygen atoms in total. The van der Waals surface area contributed by atoms with Crippen LogP contribution in [-0.4, -0.2) is 18.4 Å². The summed E-state index contributed by atoms with van der Waals surface area (Å²) < 4.78 is 5.08. The van der Waals surface area contributed by atoms with E-state index >= 15 is 0 Å². The predicted octanol–water partition coefficient (Wildman–Crippen LogP) is 4.25. The molecule has 0 saturated heterocycles. The summed E-state index contributed by atoms with van der Waals surface area (Å²) in [6.07, 6.45) is 4.95. The van der Waals surface area contributed by atoms with Gasteiger partial charge in [-0.15, -0.1) is 0 Å². The maximum absolute atomic E-state index is 12.4. The average molecular weight is 306 g/mol. The molecule has 0 fully saturated rings. The molecule has 0 N–H and O–H groups in total. The number of ether oxygens (including phenoxy) is 1. The Hall–Kier alpha value is -2.68. The van der Waals surface area contributed by atoms with Crippen molar-refractivity contribution in [2.24, 2.45) is 0 Å². The number of unbranched alkanes of at least 4 members (excludes halogenated alkanes) is 1. The van der Waals surface area contributed by atoms with E-state index in [4.69, 9.17) is 4.74 Å². The van der Waals surface area contributed by atoms with Gasteiger partial charge < -0.3 is 4.74 Å². The third-order valence-corrected chi connectivity index (χ3v) is 3.90. The first-order valence-electron chi connectivity index (χ1n) is 7.83. The second-order valence-electron chi connectivity index (χ2n) is 5.53. The van der Waals surface area contributed by atoms with Gasteiger partial charge in [0, 0.05) is 17.2 Å². The lowest BCUT2D eigenvalue weighted by Crippen LogP contribution is -2.01. The fourth-order valence-corrected chi connectivity index (χ4v) is 2.68. The fourth-order valence-electron chi connectivity index (χ4n) is 2.68. The van der Waals surface area contributed by atoms with Gasteiger partial charge in [-0.05, 0) is 35.3 Å². The lowest BCUT2D eigenvalue weighted by Gasteiger charge is -2.01. The fraction of sp³-hybridized carbons (Fsp3) is 0.200. The lowest BCUT2D eigenvalue weighted by molar-refractivity contribution is -0.137. The van der Waals surface area contributed by atoms with E-state index in [-0.39, 0.29) is 11.8 Å². The van der Waals surface area contributed by atoms with E-state index in [1.54, 1.807) is 6.08 Å². The highest BCUT2D eigenvalue weighted by atomic mass is 16.5. The molecule has 2 aromatic rings. The van der Waals surface area contributed by atoms with Gasteiger partial charge in [0.25, 0.3) is 0 Å². The van der Waals surface area contributed by atoms with Crippen LogP contribution in [0.1, 0.15) is 41.3 Å². The molecule has 1 aliphatic rings. The normalized spacial score (nSPS) is 12.3. The van der Waals surface area contributed by atoms with E-state index < -0.39 is 0 Å². The summed E-state index contributed by atoms with van der Waals surface area (Å²) in [6.45, 7) is 2.49. The topological polar surface area (TPSA) is 43.4 Å². The Balaban J connectivity index is 1.78. The Morgan fingerprint density at radius 3 is 2.57 bits per heavy atom. The minimum absolute atomic E-state index is 0.0383. The second kappa shape index (κ2) is 6.61. The predicted molar refractivity (Wildman–Crippen MR) is 90.2 cm³/mol. The first-order chi connectivity index (χ1) is 11.2. The van der Waals surface area contributed by atoms with Gasteiger partial charge in [-0.25, -0.2) is 4.79 Å². The average Bonchev–Trinajstić information content (AvgIpc) is 2.86. The van der Waals surface area contributed by atoms with Crippen molar-refractivity contribution in [2.45, 2.75) is 19.8 Å². The highest BCUT2D eigenvalue weighted by Gasteiger charge is 2.25. The van der Waals surface area contributed by atoms with Gasteiger partial charge in [0.15, 0.2) is 5.78 Å². The number of carbonyl (C=O) groups excluding carboxylic acids is 2. The van der Waals surface area contributed by atoms with Gasteiger partial charge in [-0.3, -0.25) is 4.79 Å². The van der Waals surface area contributed by atoms with Gasteiger partial charge >= 0.3 is 5.97 Å². The molecule has 0 aliphatic heterocycles. The van der Waals surface area contributed by atoms with Crippen LogP contribution in [0, 0.1) is 0 Å². The molecule has 116 valence electrons. The van der Waals surface area contributed by atoms with Crippen molar-refractivity contribution in [1.82, 2.24) is 0 Å². The van der Waals surface area contributed by atoms with Crippen LogP contribution in [0.3, 0.4) is 0 Å². The molecule has 0 heterocycles. The molecule has 0 unspecified atom stereocenters. The van der Waals surface area contributed by atoms with E-state index in [9.17, 15) is 9.59 Å². The number of ketones is 1. The third-order valence-electron chi connectivity index (χ3n) is 3.90.